The average Bonchev–Trinajstić information content (AvgIpc) is 2.93. The lowest BCUT2D eigenvalue weighted by molar-refractivity contribution is 0.732. The summed E-state index contributed by atoms with van der Waals surface area (Å²) in [6.45, 7) is 3.86. The molecule has 1 unspecified atom stereocenters. The highest BCUT2D eigenvalue weighted by atomic mass is 16.1. The van der Waals surface area contributed by atoms with Crippen LogP contribution in [0.15, 0.2) is 90.0 Å². The third kappa shape index (κ3) is 4.09. The van der Waals surface area contributed by atoms with Crippen molar-refractivity contribution in [1.29, 1.82) is 0 Å². The van der Waals surface area contributed by atoms with Gasteiger partial charge in [0, 0.05) is 18.1 Å². The number of anilines is 2. The largest absolute Gasteiger partial charge is 0.368 e. The van der Waals surface area contributed by atoms with Gasteiger partial charge in [-0.25, -0.2) is 9.97 Å². The highest BCUT2D eigenvalue weighted by Crippen LogP contribution is 2.29. The Bertz CT molecular complexity index is 1870. The van der Waals surface area contributed by atoms with Crippen LogP contribution in [-0.2, 0) is 0 Å². The van der Waals surface area contributed by atoms with Crippen LogP contribution in [-0.4, -0.2) is 29.5 Å². The molecule has 186 valence electrons. The summed E-state index contributed by atoms with van der Waals surface area (Å²) >= 11 is 0. The molecule has 0 aliphatic carbocycles. The van der Waals surface area contributed by atoms with Gasteiger partial charge in [-0.05, 0) is 67.4 Å². The minimum absolute atomic E-state index is 0.129. The Morgan fingerprint density at radius 1 is 0.868 bits per heavy atom. The van der Waals surface area contributed by atoms with Crippen molar-refractivity contribution in [1.82, 2.24) is 29.5 Å². The summed E-state index contributed by atoms with van der Waals surface area (Å²) in [4.78, 5) is 36.7. The van der Waals surface area contributed by atoms with E-state index in [-0.39, 0.29) is 11.5 Å². The number of nitrogens with one attached hydrogen (secondary N) is 1. The topological polar surface area (TPSA) is 124 Å². The van der Waals surface area contributed by atoms with E-state index in [2.05, 4.69) is 25.3 Å². The number of nitrogen functional groups attached to an aromatic ring is 1. The van der Waals surface area contributed by atoms with Gasteiger partial charge in [-0.3, -0.25) is 19.3 Å². The first-order valence-corrected chi connectivity index (χ1v) is 12.2. The molecule has 0 amide bonds. The number of aryl methyl sites for hydroxylation is 1. The maximum Gasteiger partial charge on any atom is 0.266 e. The Morgan fingerprint density at radius 3 is 2.50 bits per heavy atom. The fourth-order valence-electron chi connectivity index (χ4n) is 4.67. The molecule has 0 spiro atoms. The van der Waals surface area contributed by atoms with Crippen molar-refractivity contribution in [3.8, 4) is 16.8 Å². The summed E-state index contributed by atoms with van der Waals surface area (Å²) in [5, 5.41) is 3.91. The van der Waals surface area contributed by atoms with Crippen LogP contribution in [0.2, 0.25) is 0 Å². The van der Waals surface area contributed by atoms with Crippen LogP contribution < -0.4 is 16.6 Å². The summed E-state index contributed by atoms with van der Waals surface area (Å²) in [5.41, 5.74) is 10.9. The summed E-state index contributed by atoms with van der Waals surface area (Å²) in [6, 6.07) is 22.3. The lowest BCUT2D eigenvalue weighted by atomic mass is 10.0. The first-order valence-electron chi connectivity index (χ1n) is 12.2. The van der Waals surface area contributed by atoms with E-state index in [9.17, 15) is 4.79 Å². The molecule has 4 heterocycles. The molecular formula is C29H24N8O. The molecule has 38 heavy (non-hydrogen) atoms. The molecule has 6 aromatic rings. The monoisotopic (exact) mass is 500 g/mol. The molecule has 0 fully saturated rings. The predicted octanol–water partition coefficient (Wildman–Crippen LogP) is 4.85. The van der Waals surface area contributed by atoms with Crippen LogP contribution in [0.3, 0.4) is 0 Å². The van der Waals surface area contributed by atoms with E-state index in [1.165, 1.54) is 0 Å². The average molecular weight is 501 g/mol. The molecule has 1 atom stereocenters. The molecule has 0 saturated heterocycles. The van der Waals surface area contributed by atoms with Crippen molar-refractivity contribution >= 4 is 33.7 Å². The van der Waals surface area contributed by atoms with Crippen molar-refractivity contribution < 1.29 is 0 Å². The van der Waals surface area contributed by atoms with Gasteiger partial charge >= 0.3 is 0 Å². The fourth-order valence-corrected chi connectivity index (χ4v) is 4.67. The summed E-state index contributed by atoms with van der Waals surface area (Å²) in [6.07, 6.45) is 3.42. The van der Waals surface area contributed by atoms with E-state index in [0.29, 0.717) is 39.3 Å². The summed E-state index contributed by atoms with van der Waals surface area (Å²) in [7, 11) is 0. The number of pyridine rings is 2. The van der Waals surface area contributed by atoms with Crippen LogP contribution >= 0.6 is 0 Å². The minimum Gasteiger partial charge on any atom is -0.368 e. The van der Waals surface area contributed by atoms with Crippen molar-refractivity contribution in [3.63, 3.8) is 0 Å². The van der Waals surface area contributed by atoms with Gasteiger partial charge in [-0.15, -0.1) is 0 Å². The van der Waals surface area contributed by atoms with Crippen LogP contribution in [0.4, 0.5) is 11.8 Å². The molecule has 2 aromatic carbocycles. The molecule has 0 bridgehead atoms. The first kappa shape index (κ1) is 23.2. The number of benzene rings is 2. The fraction of sp³-hybridized carbons (Fsp3) is 0.103. The zero-order valence-corrected chi connectivity index (χ0v) is 20.8. The minimum atomic E-state index is -0.432. The van der Waals surface area contributed by atoms with E-state index in [1.807, 2.05) is 80.6 Å². The number of nitrogens with zero attached hydrogens (tertiary/aromatic N) is 6. The van der Waals surface area contributed by atoms with Crippen LogP contribution in [0.1, 0.15) is 24.5 Å². The maximum absolute atomic E-state index is 14.3. The van der Waals surface area contributed by atoms with Gasteiger partial charge in [0.25, 0.3) is 5.56 Å². The van der Waals surface area contributed by atoms with Gasteiger partial charge in [-0.1, -0.05) is 30.3 Å². The molecule has 3 N–H and O–H groups in total. The maximum atomic E-state index is 14.3. The Labute approximate surface area is 218 Å². The smallest absolute Gasteiger partial charge is 0.266 e. The quantitative estimate of drug-likeness (QED) is 0.344. The zero-order chi connectivity index (χ0) is 26.2. The molecule has 9 heteroatoms. The Hall–Kier alpha value is -5.18. The van der Waals surface area contributed by atoms with Gasteiger partial charge in [0.1, 0.15) is 11.3 Å². The number of nitrogens with two attached hydrogens (primary N) is 1. The van der Waals surface area contributed by atoms with E-state index < -0.39 is 6.04 Å². The lowest BCUT2D eigenvalue weighted by Gasteiger charge is -2.21. The SMILES string of the molecule is Cc1cc(-c2cccc3nc(C(C)Nc4nc(N)nc5cccnc45)n(-c4ccccc4)c(=O)c23)ccn1. The molecule has 9 nitrogen and oxygen atoms in total. The Morgan fingerprint density at radius 2 is 1.68 bits per heavy atom. The number of hydrogen-bond donors (Lipinski definition) is 2. The highest BCUT2D eigenvalue weighted by Gasteiger charge is 2.21. The van der Waals surface area contributed by atoms with Gasteiger partial charge in [0.15, 0.2) is 5.82 Å². The van der Waals surface area contributed by atoms with Crippen molar-refractivity contribution in [2.24, 2.45) is 0 Å². The first-order chi connectivity index (χ1) is 18.5. The summed E-state index contributed by atoms with van der Waals surface area (Å²) < 4.78 is 1.65. The van der Waals surface area contributed by atoms with E-state index in [0.717, 1.165) is 16.8 Å². The number of para-hydroxylation sites is 1. The van der Waals surface area contributed by atoms with E-state index in [4.69, 9.17) is 10.7 Å². The number of aromatic nitrogens is 6. The zero-order valence-electron chi connectivity index (χ0n) is 20.8. The molecule has 4 aromatic heterocycles. The molecular weight excluding hydrogens is 476 g/mol. The summed E-state index contributed by atoms with van der Waals surface area (Å²) in [5.74, 6) is 1.12. The molecule has 0 aliphatic heterocycles. The highest BCUT2D eigenvalue weighted by molar-refractivity contribution is 5.94. The van der Waals surface area contributed by atoms with Crippen molar-refractivity contribution in [3.05, 3.63) is 107 Å². The molecule has 0 saturated carbocycles. The van der Waals surface area contributed by atoms with Crippen molar-refractivity contribution in [2.75, 3.05) is 11.1 Å². The normalized spacial score (nSPS) is 12.1. The Kier molecular flexibility index (Phi) is 5.72. The third-order valence-corrected chi connectivity index (χ3v) is 6.36. The van der Waals surface area contributed by atoms with Crippen molar-refractivity contribution in [2.45, 2.75) is 19.9 Å². The second kappa shape index (κ2) is 9.36. The predicted molar refractivity (Wildman–Crippen MR) is 149 cm³/mol. The van der Waals surface area contributed by atoms with E-state index >= 15 is 0 Å². The number of hydrogen-bond acceptors (Lipinski definition) is 8. The van der Waals surface area contributed by atoms with Crippen LogP contribution in [0.25, 0.3) is 38.8 Å². The molecule has 6 rings (SSSR count). The Balaban J connectivity index is 1.57. The van der Waals surface area contributed by atoms with Gasteiger partial charge in [-0.2, -0.15) is 4.98 Å². The van der Waals surface area contributed by atoms with Crippen LogP contribution in [0, 0.1) is 6.92 Å². The third-order valence-electron chi connectivity index (χ3n) is 6.36. The second-order valence-corrected chi connectivity index (χ2v) is 9.00. The standard InChI is InChI=1S/C29H24N8O/c1-17-16-19(13-15-31-17)21-10-6-11-22-24(21)28(38)37(20-8-4-3-5-9-20)27(34-22)18(2)33-26-25-23(12-7-14-32-25)35-29(30)36-26/h3-16,18H,1-2H3,(H3,30,33,35,36). The van der Waals surface area contributed by atoms with E-state index in [1.54, 1.807) is 23.0 Å². The molecule has 0 radical (unpaired) electrons. The number of rotatable bonds is 5. The van der Waals surface area contributed by atoms with Gasteiger partial charge < -0.3 is 11.1 Å². The lowest BCUT2D eigenvalue weighted by Crippen LogP contribution is -2.28. The van der Waals surface area contributed by atoms with Crippen LogP contribution in [0.5, 0.6) is 0 Å². The second-order valence-electron chi connectivity index (χ2n) is 9.00. The van der Waals surface area contributed by atoms with Gasteiger partial charge in [0.2, 0.25) is 5.95 Å². The van der Waals surface area contributed by atoms with Gasteiger partial charge in [0.05, 0.1) is 28.1 Å². The molecule has 0 aliphatic rings. The number of fused-ring (bicyclic) bond motifs is 2.